The van der Waals surface area contributed by atoms with Crippen LogP contribution in [0.3, 0.4) is 0 Å². The SMILES string of the molecule is CCCc1cc(N2C[C@@H]3CN(C(C)=O)[C@H](c4ccccc4C)[C@@H]3C2)nc(C)n1. The van der Waals surface area contributed by atoms with Gasteiger partial charge in [0.2, 0.25) is 5.91 Å². The zero-order valence-corrected chi connectivity index (χ0v) is 17.4. The highest BCUT2D eigenvalue weighted by Gasteiger charge is 2.49. The van der Waals surface area contributed by atoms with Crippen LogP contribution in [0.25, 0.3) is 0 Å². The number of aryl methyl sites for hydroxylation is 3. The highest BCUT2D eigenvalue weighted by molar-refractivity contribution is 5.74. The van der Waals surface area contributed by atoms with E-state index in [1.807, 2.05) is 6.92 Å². The van der Waals surface area contributed by atoms with Crippen molar-refractivity contribution in [2.24, 2.45) is 11.8 Å². The van der Waals surface area contributed by atoms with Crippen molar-refractivity contribution in [3.63, 3.8) is 0 Å². The van der Waals surface area contributed by atoms with Crippen LogP contribution in [0.2, 0.25) is 0 Å². The molecule has 0 bridgehead atoms. The van der Waals surface area contributed by atoms with Crippen LogP contribution in [0.1, 0.15) is 49.0 Å². The third kappa shape index (κ3) is 3.38. The molecule has 148 valence electrons. The number of carbonyl (C=O) groups is 1. The van der Waals surface area contributed by atoms with E-state index in [-0.39, 0.29) is 11.9 Å². The van der Waals surface area contributed by atoms with Gasteiger partial charge in [0.15, 0.2) is 0 Å². The van der Waals surface area contributed by atoms with E-state index in [9.17, 15) is 4.79 Å². The lowest BCUT2D eigenvalue weighted by Crippen LogP contribution is -2.35. The van der Waals surface area contributed by atoms with Gasteiger partial charge in [-0.1, -0.05) is 37.6 Å². The molecule has 5 heteroatoms. The van der Waals surface area contributed by atoms with Gasteiger partial charge in [-0.3, -0.25) is 4.79 Å². The van der Waals surface area contributed by atoms with Crippen LogP contribution in [0.5, 0.6) is 0 Å². The second kappa shape index (κ2) is 7.53. The molecule has 0 N–H and O–H groups in total. The molecule has 3 heterocycles. The summed E-state index contributed by atoms with van der Waals surface area (Å²) in [7, 11) is 0. The molecule has 2 saturated heterocycles. The third-order valence-electron chi connectivity index (χ3n) is 6.28. The molecule has 4 rings (SSSR count). The molecule has 0 saturated carbocycles. The monoisotopic (exact) mass is 378 g/mol. The number of carbonyl (C=O) groups excluding carboxylic acids is 1. The maximum Gasteiger partial charge on any atom is 0.219 e. The Morgan fingerprint density at radius 3 is 2.64 bits per heavy atom. The number of benzene rings is 1. The first-order valence-electron chi connectivity index (χ1n) is 10.4. The Bertz CT molecular complexity index is 881. The predicted molar refractivity (Wildman–Crippen MR) is 111 cm³/mol. The van der Waals surface area contributed by atoms with E-state index in [0.717, 1.165) is 49.8 Å². The number of fused-ring (bicyclic) bond motifs is 1. The van der Waals surface area contributed by atoms with E-state index in [4.69, 9.17) is 4.98 Å². The van der Waals surface area contributed by atoms with Crippen LogP contribution in [0, 0.1) is 25.7 Å². The van der Waals surface area contributed by atoms with Crippen LogP contribution in [-0.2, 0) is 11.2 Å². The van der Waals surface area contributed by atoms with E-state index in [1.165, 1.54) is 11.1 Å². The first kappa shape index (κ1) is 18.9. The summed E-state index contributed by atoms with van der Waals surface area (Å²) in [4.78, 5) is 26.2. The minimum absolute atomic E-state index is 0.159. The van der Waals surface area contributed by atoms with E-state index in [0.29, 0.717) is 11.8 Å². The molecule has 2 aromatic rings. The summed E-state index contributed by atoms with van der Waals surface area (Å²) in [6.07, 6.45) is 2.07. The lowest BCUT2D eigenvalue weighted by molar-refractivity contribution is -0.130. The zero-order valence-electron chi connectivity index (χ0n) is 17.4. The van der Waals surface area contributed by atoms with Crippen LogP contribution < -0.4 is 4.90 Å². The van der Waals surface area contributed by atoms with Crippen molar-refractivity contribution >= 4 is 11.7 Å². The van der Waals surface area contributed by atoms with Crippen LogP contribution in [0.4, 0.5) is 5.82 Å². The number of nitrogens with zero attached hydrogens (tertiary/aromatic N) is 4. The second-order valence-corrected chi connectivity index (χ2v) is 8.32. The fourth-order valence-corrected chi connectivity index (χ4v) is 5.03. The molecule has 5 nitrogen and oxygen atoms in total. The Balaban J connectivity index is 1.64. The van der Waals surface area contributed by atoms with Gasteiger partial charge in [-0.05, 0) is 31.4 Å². The molecule has 0 unspecified atom stereocenters. The van der Waals surface area contributed by atoms with Gasteiger partial charge in [0.25, 0.3) is 0 Å². The van der Waals surface area contributed by atoms with Crippen molar-refractivity contribution in [2.45, 2.75) is 46.6 Å². The van der Waals surface area contributed by atoms with E-state index in [2.05, 4.69) is 59.0 Å². The molecular weight excluding hydrogens is 348 g/mol. The van der Waals surface area contributed by atoms with Crippen molar-refractivity contribution in [3.8, 4) is 0 Å². The minimum Gasteiger partial charge on any atom is -0.356 e. The molecule has 1 aromatic heterocycles. The number of amides is 1. The van der Waals surface area contributed by atoms with Crippen molar-refractivity contribution in [1.82, 2.24) is 14.9 Å². The summed E-state index contributed by atoms with van der Waals surface area (Å²) in [6, 6.07) is 10.8. The summed E-state index contributed by atoms with van der Waals surface area (Å²) in [5.41, 5.74) is 3.68. The first-order chi connectivity index (χ1) is 13.5. The van der Waals surface area contributed by atoms with Crippen LogP contribution in [0.15, 0.2) is 30.3 Å². The molecular formula is C23H30N4O. The molecule has 0 aliphatic carbocycles. The highest BCUT2D eigenvalue weighted by Crippen LogP contribution is 2.46. The van der Waals surface area contributed by atoms with Crippen molar-refractivity contribution in [1.29, 1.82) is 0 Å². The maximum atomic E-state index is 12.4. The van der Waals surface area contributed by atoms with Crippen molar-refractivity contribution < 1.29 is 4.79 Å². The van der Waals surface area contributed by atoms with Gasteiger partial charge >= 0.3 is 0 Å². The van der Waals surface area contributed by atoms with Crippen LogP contribution in [-0.4, -0.2) is 40.4 Å². The predicted octanol–water partition coefficient (Wildman–Crippen LogP) is 3.70. The fraction of sp³-hybridized carbons (Fsp3) is 0.522. The van der Waals surface area contributed by atoms with Gasteiger partial charge in [-0.25, -0.2) is 9.97 Å². The lowest BCUT2D eigenvalue weighted by Gasteiger charge is -2.30. The zero-order chi connectivity index (χ0) is 19.8. The van der Waals surface area contributed by atoms with Crippen LogP contribution >= 0.6 is 0 Å². The Hall–Kier alpha value is -2.43. The smallest absolute Gasteiger partial charge is 0.219 e. The number of aromatic nitrogens is 2. The Labute approximate surface area is 167 Å². The van der Waals surface area contributed by atoms with Gasteiger partial charge in [0.1, 0.15) is 11.6 Å². The quantitative estimate of drug-likeness (QED) is 0.814. The normalized spacial score (nSPS) is 23.9. The largest absolute Gasteiger partial charge is 0.356 e. The van der Waals surface area contributed by atoms with Gasteiger partial charge in [-0.15, -0.1) is 0 Å². The molecule has 2 fully saturated rings. The Kier molecular flexibility index (Phi) is 5.09. The lowest BCUT2D eigenvalue weighted by atomic mass is 9.87. The topological polar surface area (TPSA) is 49.3 Å². The number of likely N-dealkylation sites (tertiary alicyclic amines) is 1. The molecule has 0 radical (unpaired) electrons. The number of rotatable bonds is 4. The van der Waals surface area contributed by atoms with Gasteiger partial charge in [0.05, 0.1) is 6.04 Å². The Morgan fingerprint density at radius 2 is 1.93 bits per heavy atom. The molecule has 0 spiro atoms. The van der Waals surface area contributed by atoms with Crippen molar-refractivity contribution in [3.05, 3.63) is 53.0 Å². The van der Waals surface area contributed by atoms with E-state index < -0.39 is 0 Å². The number of anilines is 1. The van der Waals surface area contributed by atoms with Gasteiger partial charge < -0.3 is 9.80 Å². The fourth-order valence-electron chi connectivity index (χ4n) is 5.03. The molecule has 3 atom stereocenters. The number of hydrogen-bond donors (Lipinski definition) is 0. The van der Waals surface area contributed by atoms with E-state index >= 15 is 0 Å². The first-order valence-corrected chi connectivity index (χ1v) is 10.4. The Morgan fingerprint density at radius 1 is 1.14 bits per heavy atom. The molecule has 2 aliphatic heterocycles. The summed E-state index contributed by atoms with van der Waals surface area (Å²) in [6.45, 7) is 10.7. The minimum atomic E-state index is 0.159. The number of hydrogen-bond acceptors (Lipinski definition) is 4. The van der Waals surface area contributed by atoms with Crippen molar-refractivity contribution in [2.75, 3.05) is 24.5 Å². The molecule has 28 heavy (non-hydrogen) atoms. The molecule has 2 aliphatic rings. The van der Waals surface area contributed by atoms with Gasteiger partial charge in [0, 0.05) is 50.2 Å². The average Bonchev–Trinajstić information content (AvgIpc) is 3.20. The summed E-state index contributed by atoms with van der Waals surface area (Å²) >= 11 is 0. The molecule has 1 amide bonds. The summed E-state index contributed by atoms with van der Waals surface area (Å²) < 4.78 is 0. The van der Waals surface area contributed by atoms with Gasteiger partial charge in [-0.2, -0.15) is 0 Å². The average molecular weight is 379 g/mol. The maximum absolute atomic E-state index is 12.4. The third-order valence-corrected chi connectivity index (χ3v) is 6.28. The summed E-state index contributed by atoms with van der Waals surface area (Å²) in [5.74, 6) is 2.99. The van der Waals surface area contributed by atoms with E-state index in [1.54, 1.807) is 6.92 Å². The highest BCUT2D eigenvalue weighted by atomic mass is 16.2. The second-order valence-electron chi connectivity index (χ2n) is 8.32. The molecule has 1 aromatic carbocycles. The standard InChI is InChI=1S/C23H30N4O/c1-5-8-19-11-22(25-16(3)24-19)26-12-18-13-27(17(4)28)23(21(18)14-26)20-10-7-6-9-15(20)2/h6-7,9-11,18,21,23H,5,8,12-14H2,1-4H3/t18-,21-,23-/m1/s1. The summed E-state index contributed by atoms with van der Waals surface area (Å²) in [5, 5.41) is 0.